The molecule has 1 nitrogen and oxygen atoms in total. The lowest BCUT2D eigenvalue weighted by molar-refractivity contribution is 1.49. The molecule has 0 saturated carbocycles. The molecular weight excluding hydrogens is 350 g/mol. The van der Waals surface area contributed by atoms with Crippen molar-refractivity contribution in [2.45, 2.75) is 0 Å². The minimum absolute atomic E-state index is 0.751. The number of terminal acetylenes is 1. The standard InChI is InChI=1S/C28H21N/c1-2-21-13-15-24(16-14-21)27(22-9-5-3-6-10-22)28(23-11-7-4-8-12-23)25-17-19-26(29)20-18-25/h1,3-20H,29H2/b28-27-. The van der Waals surface area contributed by atoms with Gasteiger partial charge in [-0.25, -0.2) is 0 Å². The van der Waals surface area contributed by atoms with Crippen LogP contribution < -0.4 is 5.73 Å². The zero-order valence-electron chi connectivity index (χ0n) is 16.0. The van der Waals surface area contributed by atoms with E-state index >= 15 is 0 Å². The first-order valence-electron chi connectivity index (χ1n) is 9.54. The Morgan fingerprint density at radius 2 is 0.897 bits per heavy atom. The van der Waals surface area contributed by atoms with Crippen molar-refractivity contribution < 1.29 is 0 Å². The highest BCUT2D eigenvalue weighted by Gasteiger charge is 2.16. The summed E-state index contributed by atoms with van der Waals surface area (Å²) in [6.07, 6.45) is 5.57. The second-order valence-corrected chi connectivity index (χ2v) is 6.83. The van der Waals surface area contributed by atoms with Crippen LogP contribution in [0.25, 0.3) is 11.1 Å². The van der Waals surface area contributed by atoms with Crippen LogP contribution >= 0.6 is 0 Å². The molecule has 0 bridgehead atoms. The van der Waals surface area contributed by atoms with Gasteiger partial charge in [-0.3, -0.25) is 0 Å². The topological polar surface area (TPSA) is 26.0 Å². The molecule has 1 heteroatoms. The quantitative estimate of drug-likeness (QED) is 0.256. The molecule has 29 heavy (non-hydrogen) atoms. The molecule has 0 aliphatic heterocycles. The van der Waals surface area contributed by atoms with Gasteiger partial charge in [-0.05, 0) is 57.7 Å². The number of benzene rings is 4. The van der Waals surface area contributed by atoms with Crippen LogP contribution in [0.4, 0.5) is 5.69 Å². The van der Waals surface area contributed by atoms with Crippen molar-refractivity contribution in [2.75, 3.05) is 5.73 Å². The summed E-state index contributed by atoms with van der Waals surface area (Å²) in [4.78, 5) is 0. The van der Waals surface area contributed by atoms with Crippen molar-refractivity contribution in [3.8, 4) is 12.3 Å². The molecule has 0 aliphatic rings. The number of nitrogens with two attached hydrogens (primary N) is 1. The van der Waals surface area contributed by atoms with Crippen molar-refractivity contribution in [1.82, 2.24) is 0 Å². The Morgan fingerprint density at radius 1 is 0.517 bits per heavy atom. The van der Waals surface area contributed by atoms with E-state index in [9.17, 15) is 0 Å². The maximum atomic E-state index is 5.96. The Balaban J connectivity index is 2.07. The summed E-state index contributed by atoms with van der Waals surface area (Å²) >= 11 is 0. The molecule has 0 radical (unpaired) electrons. The number of hydrogen-bond donors (Lipinski definition) is 1. The Bertz CT molecular complexity index is 1160. The molecule has 4 rings (SSSR count). The summed E-state index contributed by atoms with van der Waals surface area (Å²) in [5, 5.41) is 0. The normalized spacial score (nSPS) is 11.4. The van der Waals surface area contributed by atoms with Gasteiger partial charge in [0.15, 0.2) is 0 Å². The van der Waals surface area contributed by atoms with Gasteiger partial charge < -0.3 is 5.73 Å². The third kappa shape index (κ3) is 3.98. The summed E-state index contributed by atoms with van der Waals surface area (Å²) in [7, 11) is 0. The Labute approximate surface area is 172 Å². The number of nitrogen functional groups attached to an aromatic ring is 1. The van der Waals surface area contributed by atoms with E-state index in [2.05, 4.69) is 78.7 Å². The van der Waals surface area contributed by atoms with Crippen LogP contribution in [0.15, 0.2) is 109 Å². The van der Waals surface area contributed by atoms with Crippen LogP contribution in [0.2, 0.25) is 0 Å². The van der Waals surface area contributed by atoms with E-state index in [-0.39, 0.29) is 0 Å². The van der Waals surface area contributed by atoms with Crippen molar-refractivity contribution in [1.29, 1.82) is 0 Å². The van der Waals surface area contributed by atoms with Gasteiger partial charge in [0, 0.05) is 11.3 Å². The molecule has 0 atom stereocenters. The molecule has 0 aromatic heterocycles. The van der Waals surface area contributed by atoms with Gasteiger partial charge in [0.2, 0.25) is 0 Å². The fourth-order valence-electron chi connectivity index (χ4n) is 3.50. The molecule has 0 aliphatic carbocycles. The van der Waals surface area contributed by atoms with E-state index in [1.54, 1.807) is 0 Å². The largest absolute Gasteiger partial charge is 0.399 e. The lowest BCUT2D eigenvalue weighted by Crippen LogP contribution is -1.98. The van der Waals surface area contributed by atoms with E-state index < -0.39 is 0 Å². The average Bonchev–Trinajstić information content (AvgIpc) is 2.79. The molecule has 0 saturated heterocycles. The first-order valence-corrected chi connectivity index (χ1v) is 9.54. The molecular formula is C28H21N. The summed E-state index contributed by atoms with van der Waals surface area (Å²) in [6.45, 7) is 0. The maximum Gasteiger partial charge on any atom is 0.0314 e. The fourth-order valence-corrected chi connectivity index (χ4v) is 3.50. The lowest BCUT2D eigenvalue weighted by Gasteiger charge is -2.18. The highest BCUT2D eigenvalue weighted by atomic mass is 14.5. The smallest absolute Gasteiger partial charge is 0.0314 e. The first-order chi connectivity index (χ1) is 14.3. The minimum atomic E-state index is 0.751. The van der Waals surface area contributed by atoms with Crippen LogP contribution in [0.1, 0.15) is 27.8 Å². The predicted octanol–water partition coefficient (Wildman–Crippen LogP) is 6.26. The van der Waals surface area contributed by atoms with Gasteiger partial charge in [-0.15, -0.1) is 6.42 Å². The molecule has 0 amide bonds. The molecule has 4 aromatic carbocycles. The Kier molecular flexibility index (Phi) is 5.27. The maximum absolute atomic E-state index is 5.96. The van der Waals surface area contributed by atoms with Gasteiger partial charge in [-0.1, -0.05) is 90.8 Å². The summed E-state index contributed by atoms with van der Waals surface area (Å²) < 4.78 is 0. The van der Waals surface area contributed by atoms with Gasteiger partial charge in [0.1, 0.15) is 0 Å². The molecule has 2 N–H and O–H groups in total. The molecule has 0 fully saturated rings. The molecule has 138 valence electrons. The Hall–Kier alpha value is -4.02. The fraction of sp³-hybridized carbons (Fsp3) is 0. The van der Waals surface area contributed by atoms with Crippen LogP contribution in [-0.4, -0.2) is 0 Å². The molecule has 0 spiro atoms. The van der Waals surface area contributed by atoms with E-state index in [0.717, 1.165) is 44.7 Å². The van der Waals surface area contributed by atoms with E-state index in [1.165, 1.54) is 0 Å². The molecule has 0 unspecified atom stereocenters. The van der Waals surface area contributed by atoms with Crippen molar-refractivity contribution >= 4 is 16.8 Å². The first kappa shape index (κ1) is 18.3. The SMILES string of the molecule is C#Cc1ccc(/C(=C(/c2ccccc2)c2ccc(N)cc2)c2ccccc2)cc1. The monoisotopic (exact) mass is 371 g/mol. The van der Waals surface area contributed by atoms with Gasteiger partial charge in [0.05, 0.1) is 0 Å². The highest BCUT2D eigenvalue weighted by molar-refractivity contribution is 6.04. The summed E-state index contributed by atoms with van der Waals surface area (Å²) in [5.41, 5.74) is 14.4. The van der Waals surface area contributed by atoms with Crippen molar-refractivity contribution in [3.05, 3.63) is 137 Å². The third-order valence-corrected chi connectivity index (χ3v) is 4.91. The summed E-state index contributed by atoms with van der Waals surface area (Å²) in [5.74, 6) is 2.70. The zero-order valence-corrected chi connectivity index (χ0v) is 16.0. The zero-order chi connectivity index (χ0) is 20.1. The van der Waals surface area contributed by atoms with E-state index in [4.69, 9.17) is 12.2 Å². The van der Waals surface area contributed by atoms with Crippen LogP contribution in [-0.2, 0) is 0 Å². The van der Waals surface area contributed by atoms with Crippen LogP contribution in [0, 0.1) is 12.3 Å². The van der Waals surface area contributed by atoms with Crippen molar-refractivity contribution in [3.63, 3.8) is 0 Å². The third-order valence-electron chi connectivity index (χ3n) is 4.91. The van der Waals surface area contributed by atoms with Gasteiger partial charge >= 0.3 is 0 Å². The molecule has 0 heterocycles. The van der Waals surface area contributed by atoms with Crippen LogP contribution in [0.3, 0.4) is 0 Å². The Morgan fingerprint density at radius 3 is 1.31 bits per heavy atom. The second-order valence-electron chi connectivity index (χ2n) is 6.83. The molecule has 4 aromatic rings. The number of hydrogen-bond acceptors (Lipinski definition) is 1. The van der Waals surface area contributed by atoms with Gasteiger partial charge in [0.25, 0.3) is 0 Å². The minimum Gasteiger partial charge on any atom is -0.399 e. The highest BCUT2D eigenvalue weighted by Crippen LogP contribution is 2.37. The summed E-state index contributed by atoms with van der Waals surface area (Å²) in [6, 6.07) is 37.1. The number of anilines is 1. The lowest BCUT2D eigenvalue weighted by atomic mass is 9.85. The second kappa shape index (κ2) is 8.33. The van der Waals surface area contributed by atoms with Crippen molar-refractivity contribution in [2.24, 2.45) is 0 Å². The predicted molar refractivity (Wildman–Crippen MR) is 123 cm³/mol. The average molecular weight is 371 g/mol. The van der Waals surface area contributed by atoms with E-state index in [0.29, 0.717) is 0 Å². The van der Waals surface area contributed by atoms with Crippen LogP contribution in [0.5, 0.6) is 0 Å². The number of rotatable bonds is 4. The van der Waals surface area contributed by atoms with Gasteiger partial charge in [-0.2, -0.15) is 0 Å². The van der Waals surface area contributed by atoms with E-state index in [1.807, 2.05) is 36.4 Å².